The number of furan rings is 1. The molecule has 0 aliphatic rings. The summed E-state index contributed by atoms with van der Waals surface area (Å²) in [5, 5.41) is 8.70. The second-order valence-electron chi connectivity index (χ2n) is 4.22. The van der Waals surface area contributed by atoms with Crippen molar-refractivity contribution in [3.8, 4) is 6.07 Å². The van der Waals surface area contributed by atoms with Crippen molar-refractivity contribution in [3.63, 3.8) is 0 Å². The van der Waals surface area contributed by atoms with E-state index in [9.17, 15) is 0 Å². The molecule has 4 nitrogen and oxygen atoms in total. The second-order valence-corrected chi connectivity index (χ2v) is 4.22. The molecule has 2 aromatic heterocycles. The van der Waals surface area contributed by atoms with Gasteiger partial charge in [-0.05, 0) is 38.2 Å². The Bertz CT molecular complexity index is 542. The zero-order chi connectivity index (χ0) is 13.0. The molecule has 0 amide bonds. The summed E-state index contributed by atoms with van der Waals surface area (Å²) in [5.74, 6) is 1.14. The highest BCUT2D eigenvalue weighted by atomic mass is 16.3. The number of hydrogen-bond acceptors (Lipinski definition) is 4. The van der Waals surface area contributed by atoms with E-state index in [1.165, 1.54) is 0 Å². The zero-order valence-corrected chi connectivity index (χ0v) is 10.5. The number of nitriles is 1. The molecule has 0 N–H and O–H groups in total. The Morgan fingerprint density at radius 3 is 2.83 bits per heavy atom. The van der Waals surface area contributed by atoms with E-state index >= 15 is 0 Å². The molecule has 0 spiro atoms. The van der Waals surface area contributed by atoms with Gasteiger partial charge in [-0.1, -0.05) is 6.07 Å². The second kappa shape index (κ2) is 5.48. The molecule has 2 aromatic rings. The number of rotatable bonds is 4. The summed E-state index contributed by atoms with van der Waals surface area (Å²) in [7, 11) is 2.01. The van der Waals surface area contributed by atoms with E-state index in [1.54, 1.807) is 12.3 Å². The van der Waals surface area contributed by atoms with E-state index in [2.05, 4.69) is 16.8 Å². The van der Waals surface area contributed by atoms with Crippen LogP contribution in [0.5, 0.6) is 0 Å². The average Bonchev–Trinajstić information content (AvgIpc) is 2.86. The maximum atomic E-state index is 8.70. The summed E-state index contributed by atoms with van der Waals surface area (Å²) in [4.78, 5) is 6.47. The van der Waals surface area contributed by atoms with Crippen molar-refractivity contribution in [1.82, 2.24) is 9.88 Å². The zero-order valence-electron chi connectivity index (χ0n) is 10.5. The minimum atomic E-state index is 0.196. The number of hydrogen-bond donors (Lipinski definition) is 0. The highest BCUT2D eigenvalue weighted by molar-refractivity contribution is 5.19. The van der Waals surface area contributed by atoms with Gasteiger partial charge in [0.25, 0.3) is 0 Å². The molecule has 0 fully saturated rings. The van der Waals surface area contributed by atoms with Crippen LogP contribution >= 0.6 is 0 Å². The van der Waals surface area contributed by atoms with Crippen LogP contribution in [0.1, 0.15) is 30.2 Å². The van der Waals surface area contributed by atoms with Crippen LogP contribution in [0.4, 0.5) is 0 Å². The van der Waals surface area contributed by atoms with Crippen LogP contribution in [0.2, 0.25) is 0 Å². The Morgan fingerprint density at radius 1 is 1.39 bits per heavy atom. The Labute approximate surface area is 106 Å². The first kappa shape index (κ1) is 12.3. The van der Waals surface area contributed by atoms with Gasteiger partial charge in [-0.2, -0.15) is 5.26 Å². The molecule has 2 rings (SSSR count). The van der Waals surface area contributed by atoms with Gasteiger partial charge in [-0.3, -0.25) is 9.88 Å². The average molecular weight is 241 g/mol. The minimum Gasteiger partial charge on any atom is -0.449 e. The first-order valence-corrected chi connectivity index (χ1v) is 5.80. The molecule has 0 aliphatic heterocycles. The normalized spacial score (nSPS) is 12.3. The van der Waals surface area contributed by atoms with Crippen molar-refractivity contribution in [3.05, 3.63) is 53.7 Å². The Morgan fingerprint density at radius 2 is 2.22 bits per heavy atom. The summed E-state index contributed by atoms with van der Waals surface area (Å²) < 4.78 is 5.37. The van der Waals surface area contributed by atoms with Gasteiger partial charge in [0.1, 0.15) is 11.8 Å². The van der Waals surface area contributed by atoms with Crippen molar-refractivity contribution in [2.75, 3.05) is 7.05 Å². The highest BCUT2D eigenvalue weighted by Crippen LogP contribution is 2.19. The SMILES string of the molecule is C[C@@H](c1ccccn1)N(C)Cc1ccc(C#N)o1. The molecule has 0 saturated carbocycles. The molecule has 4 heteroatoms. The molecule has 92 valence electrons. The lowest BCUT2D eigenvalue weighted by molar-refractivity contribution is 0.228. The Hall–Kier alpha value is -2.12. The number of pyridine rings is 1. The van der Waals surface area contributed by atoms with Gasteiger partial charge < -0.3 is 4.42 Å². The number of nitrogens with zero attached hydrogens (tertiary/aromatic N) is 3. The molecular formula is C14H15N3O. The third-order valence-corrected chi connectivity index (χ3v) is 2.95. The van der Waals surface area contributed by atoms with Crippen molar-refractivity contribution in [2.24, 2.45) is 0 Å². The highest BCUT2D eigenvalue weighted by Gasteiger charge is 2.14. The van der Waals surface area contributed by atoms with Crippen LogP contribution in [-0.4, -0.2) is 16.9 Å². The van der Waals surface area contributed by atoms with Gasteiger partial charge in [-0.25, -0.2) is 0 Å². The number of aromatic nitrogens is 1. The van der Waals surface area contributed by atoms with E-state index in [0.717, 1.165) is 11.5 Å². The molecule has 0 aliphatic carbocycles. The molecule has 0 bridgehead atoms. The lowest BCUT2D eigenvalue weighted by atomic mass is 10.2. The quantitative estimate of drug-likeness (QED) is 0.825. The maximum absolute atomic E-state index is 8.70. The van der Waals surface area contributed by atoms with Gasteiger partial charge in [0.15, 0.2) is 0 Å². The molecular weight excluding hydrogens is 226 g/mol. The largest absolute Gasteiger partial charge is 0.449 e. The predicted molar refractivity (Wildman–Crippen MR) is 67.5 cm³/mol. The van der Waals surface area contributed by atoms with Crippen LogP contribution in [0, 0.1) is 11.3 Å². The van der Waals surface area contributed by atoms with Crippen LogP contribution < -0.4 is 0 Å². The fourth-order valence-electron chi connectivity index (χ4n) is 1.75. The third kappa shape index (κ3) is 2.76. The smallest absolute Gasteiger partial charge is 0.203 e. The molecule has 0 radical (unpaired) electrons. The Kier molecular flexibility index (Phi) is 3.75. The van der Waals surface area contributed by atoms with Crippen molar-refractivity contribution >= 4 is 0 Å². The van der Waals surface area contributed by atoms with Crippen molar-refractivity contribution < 1.29 is 4.42 Å². The van der Waals surface area contributed by atoms with E-state index in [0.29, 0.717) is 12.3 Å². The summed E-state index contributed by atoms with van der Waals surface area (Å²) >= 11 is 0. The maximum Gasteiger partial charge on any atom is 0.203 e. The van der Waals surface area contributed by atoms with Crippen LogP contribution in [0.3, 0.4) is 0 Å². The molecule has 0 saturated heterocycles. The molecule has 0 unspecified atom stereocenters. The fourth-order valence-corrected chi connectivity index (χ4v) is 1.75. The topological polar surface area (TPSA) is 53.1 Å². The van der Waals surface area contributed by atoms with E-state index < -0.39 is 0 Å². The summed E-state index contributed by atoms with van der Waals surface area (Å²) in [6.45, 7) is 2.75. The Balaban J connectivity index is 2.04. The van der Waals surface area contributed by atoms with E-state index in [4.69, 9.17) is 9.68 Å². The first-order chi connectivity index (χ1) is 8.70. The van der Waals surface area contributed by atoms with Crippen molar-refractivity contribution in [1.29, 1.82) is 5.26 Å². The van der Waals surface area contributed by atoms with Crippen LogP contribution in [0.25, 0.3) is 0 Å². The lowest BCUT2D eigenvalue weighted by Gasteiger charge is -2.22. The van der Waals surface area contributed by atoms with Crippen LogP contribution in [0.15, 0.2) is 40.9 Å². The lowest BCUT2D eigenvalue weighted by Crippen LogP contribution is -2.22. The van der Waals surface area contributed by atoms with Gasteiger partial charge in [-0.15, -0.1) is 0 Å². The van der Waals surface area contributed by atoms with E-state index in [-0.39, 0.29) is 6.04 Å². The molecule has 1 atom stereocenters. The molecule has 18 heavy (non-hydrogen) atoms. The first-order valence-electron chi connectivity index (χ1n) is 5.80. The summed E-state index contributed by atoms with van der Waals surface area (Å²) in [6.07, 6.45) is 1.79. The van der Waals surface area contributed by atoms with Gasteiger partial charge in [0.05, 0.1) is 12.2 Å². The van der Waals surface area contributed by atoms with E-state index in [1.807, 2.05) is 37.4 Å². The summed E-state index contributed by atoms with van der Waals surface area (Å²) in [5.41, 5.74) is 1.02. The van der Waals surface area contributed by atoms with Gasteiger partial charge >= 0.3 is 0 Å². The predicted octanol–water partition coefficient (Wildman–Crippen LogP) is 2.74. The van der Waals surface area contributed by atoms with Crippen LogP contribution in [-0.2, 0) is 6.54 Å². The van der Waals surface area contributed by atoms with Gasteiger partial charge in [0, 0.05) is 12.2 Å². The monoisotopic (exact) mass is 241 g/mol. The minimum absolute atomic E-state index is 0.196. The molecule has 2 heterocycles. The standard InChI is InChI=1S/C14H15N3O/c1-11(14-5-3-4-8-16-14)17(2)10-13-7-6-12(9-15)18-13/h3-8,11H,10H2,1-2H3/t11-/m0/s1. The van der Waals surface area contributed by atoms with Crippen molar-refractivity contribution in [2.45, 2.75) is 19.5 Å². The third-order valence-electron chi connectivity index (χ3n) is 2.95. The summed E-state index contributed by atoms with van der Waals surface area (Å²) in [6, 6.07) is 11.6. The fraction of sp³-hybridized carbons (Fsp3) is 0.286. The molecule has 0 aromatic carbocycles. The van der Waals surface area contributed by atoms with Gasteiger partial charge in [0.2, 0.25) is 5.76 Å².